The van der Waals surface area contributed by atoms with E-state index in [0.717, 1.165) is 65.5 Å². The zero-order valence-electron chi connectivity index (χ0n) is 70.4. The van der Waals surface area contributed by atoms with Gasteiger partial charge in [0, 0.05) is 16.2 Å². The third kappa shape index (κ3) is 25.4. The minimum absolute atomic E-state index is 0.00910. The minimum atomic E-state index is -1.06. The van der Waals surface area contributed by atoms with E-state index in [1.807, 2.05) is 108 Å². The predicted molar refractivity (Wildman–Crippen MR) is 496 cm³/mol. The summed E-state index contributed by atoms with van der Waals surface area (Å²) in [6, 6.07) is 86.0. The fraction of sp³-hybridized carbons (Fsp3) is 0.173. The fourth-order valence-electron chi connectivity index (χ4n) is 15.5. The van der Waals surface area contributed by atoms with Crippen molar-refractivity contribution in [2.75, 3.05) is 0 Å². The number of aryl methyl sites for hydroxylation is 2. The van der Waals surface area contributed by atoms with Gasteiger partial charge in [0.05, 0.1) is 40.9 Å². The van der Waals surface area contributed by atoms with Gasteiger partial charge in [-0.15, -0.1) is 0 Å². The van der Waals surface area contributed by atoms with Crippen LogP contribution in [0.3, 0.4) is 0 Å². The van der Waals surface area contributed by atoms with Gasteiger partial charge in [-0.25, -0.2) is 28.8 Å². The molecule has 21 nitrogen and oxygen atoms in total. The van der Waals surface area contributed by atoms with Crippen molar-refractivity contribution in [1.29, 1.82) is 0 Å². The molecule has 23 heteroatoms. The summed E-state index contributed by atoms with van der Waals surface area (Å²) >= 11 is 0. The third-order valence-electron chi connectivity index (χ3n) is 22.7. The molecular weight excluding hydrogens is 1630 g/mol. The monoisotopic (exact) mass is 1730 g/mol. The molecule has 1 unspecified atom stereocenters. The van der Waals surface area contributed by atoms with Crippen LogP contribution >= 0.6 is 9.12 Å². The van der Waals surface area contributed by atoms with Gasteiger partial charge in [0.25, 0.3) is 0 Å². The predicted octanol–water partition coefficient (Wildman–Crippen LogP) is 23.2. The third-order valence-corrected chi connectivity index (χ3v) is 22.7. The Morgan fingerprint density at radius 1 is 0.323 bits per heavy atom. The van der Waals surface area contributed by atoms with Crippen LogP contribution in [0.4, 0.5) is 0 Å². The quantitative estimate of drug-likeness (QED) is 0.0315. The molecule has 0 bridgehead atoms. The SMILES string of the molecule is CCC(C)(c1ccc(O)cc1)c1ccc(O)cc1.Cc1cc(C2(c3ccc(O)c(C)c3)CCCCC2)ccc1O.O=C(O)c1ccc(C(=O)O)c2ccccc12.O=C(O)c1ccc(Oc2ccc(C(=O)O)cc2)cc1.O=C(O)c1ccc2cc(C(=O)O)ccc2c1.Oc1ccc(-c2ccc(O)cc2)cc1.Oc1ccc(C2(c3ccc(O)cc3)CCCCC2)cc1.[B]P. The second-order valence-electron chi connectivity index (χ2n) is 30.7. The summed E-state index contributed by atoms with van der Waals surface area (Å²) in [5, 5.41) is 131. The Labute approximate surface area is 739 Å². The number of aromatic hydroxyl groups is 8. The first kappa shape index (κ1) is 95.9. The second-order valence-corrected chi connectivity index (χ2v) is 30.7. The molecule has 2 aliphatic carbocycles. The summed E-state index contributed by atoms with van der Waals surface area (Å²) in [5.74, 6) is -2.75. The highest BCUT2D eigenvalue weighted by Gasteiger charge is 2.38. The Morgan fingerprint density at radius 2 is 0.598 bits per heavy atom. The van der Waals surface area contributed by atoms with Crippen molar-refractivity contribution in [3.05, 3.63) is 381 Å². The Balaban J connectivity index is 0.000000167. The van der Waals surface area contributed by atoms with E-state index >= 15 is 0 Å². The van der Waals surface area contributed by atoms with Crippen molar-refractivity contribution in [2.24, 2.45) is 0 Å². The molecule has 2 saturated carbocycles. The molecular formula is C104H100BO21P. The molecule has 0 aliphatic heterocycles. The van der Waals surface area contributed by atoms with Gasteiger partial charge in [0.15, 0.2) is 0 Å². The van der Waals surface area contributed by atoms with E-state index in [4.69, 9.17) is 45.6 Å². The van der Waals surface area contributed by atoms with Gasteiger partial charge in [-0.05, 0) is 293 Å². The summed E-state index contributed by atoms with van der Waals surface area (Å²) in [7, 11) is 6.33. The van der Waals surface area contributed by atoms with Crippen LogP contribution in [0.25, 0.3) is 32.7 Å². The zero-order valence-corrected chi connectivity index (χ0v) is 71.6. The molecule has 1 atom stereocenters. The number of benzene rings is 14. The van der Waals surface area contributed by atoms with Crippen LogP contribution in [0.1, 0.15) is 191 Å². The van der Waals surface area contributed by atoms with E-state index in [2.05, 4.69) is 45.7 Å². The normalized spacial score (nSPS) is 12.6. The number of carboxylic acids is 6. The van der Waals surface area contributed by atoms with Crippen molar-refractivity contribution >= 4 is 74.0 Å². The van der Waals surface area contributed by atoms with Crippen LogP contribution in [-0.4, -0.2) is 115 Å². The van der Waals surface area contributed by atoms with Crippen molar-refractivity contribution in [1.82, 2.24) is 0 Å². The maximum absolute atomic E-state index is 10.9. The average Bonchev–Trinajstić information content (AvgIpc) is 0.771. The first-order valence-electron chi connectivity index (χ1n) is 40.8. The summed E-state index contributed by atoms with van der Waals surface area (Å²) in [5.41, 5.74) is 12.2. The fourth-order valence-corrected chi connectivity index (χ4v) is 15.5. The van der Waals surface area contributed by atoms with E-state index in [9.17, 15) is 59.4 Å². The number of ether oxygens (including phenoxy) is 1. The molecule has 2 radical (unpaired) electrons. The number of hydrogen-bond donors (Lipinski definition) is 14. The summed E-state index contributed by atoms with van der Waals surface area (Å²) < 4.78 is 5.46. The van der Waals surface area contributed by atoms with Crippen LogP contribution in [0.5, 0.6) is 57.5 Å². The molecule has 0 saturated heterocycles. The maximum Gasteiger partial charge on any atom is 0.336 e. The Kier molecular flexibility index (Phi) is 34.0. The average molecular weight is 1730 g/mol. The number of carbonyl (C=O) groups is 6. The molecule has 2 fully saturated rings. The molecule has 0 spiro atoms. The largest absolute Gasteiger partial charge is 0.508 e. The van der Waals surface area contributed by atoms with Gasteiger partial charge in [-0.1, -0.05) is 186 Å². The Morgan fingerprint density at radius 3 is 0.882 bits per heavy atom. The maximum atomic E-state index is 10.9. The van der Waals surface area contributed by atoms with E-state index in [0.29, 0.717) is 56.0 Å². The van der Waals surface area contributed by atoms with Crippen LogP contribution < -0.4 is 4.74 Å². The highest BCUT2D eigenvalue weighted by molar-refractivity contribution is 7.49. The lowest BCUT2D eigenvalue weighted by atomic mass is 9.65. The lowest BCUT2D eigenvalue weighted by Crippen LogP contribution is -2.30. The Hall–Kier alpha value is -14.9. The van der Waals surface area contributed by atoms with Gasteiger partial charge in [0.1, 0.15) is 57.5 Å². The Bertz CT molecular complexity index is 5700. The summed E-state index contributed by atoms with van der Waals surface area (Å²) in [6.45, 7) is 8.22. The molecule has 14 N–H and O–H groups in total. The van der Waals surface area contributed by atoms with Crippen molar-refractivity contribution in [3.8, 4) is 68.6 Å². The lowest BCUT2D eigenvalue weighted by molar-refractivity contribution is 0.0684. The number of carboxylic acid groups (broad SMARTS) is 6. The summed E-state index contributed by atoms with van der Waals surface area (Å²) in [6.07, 6.45) is 12.9. The lowest BCUT2D eigenvalue weighted by Gasteiger charge is -2.39. The molecule has 0 aromatic heterocycles. The van der Waals surface area contributed by atoms with E-state index in [1.165, 1.54) is 146 Å². The molecule has 0 amide bonds. The van der Waals surface area contributed by atoms with E-state index in [1.54, 1.807) is 109 Å². The van der Waals surface area contributed by atoms with Gasteiger partial charge in [0.2, 0.25) is 0 Å². The molecule has 16 rings (SSSR count). The van der Waals surface area contributed by atoms with Crippen LogP contribution in [0, 0.1) is 13.8 Å². The van der Waals surface area contributed by atoms with Gasteiger partial charge in [-0.3, -0.25) is 0 Å². The molecule has 14 aromatic rings. The molecule has 650 valence electrons. The molecule has 2 aliphatic rings. The van der Waals surface area contributed by atoms with Crippen molar-refractivity contribution in [2.45, 2.75) is 115 Å². The van der Waals surface area contributed by atoms with Gasteiger partial charge in [-0.2, -0.15) is 9.12 Å². The van der Waals surface area contributed by atoms with Crippen LogP contribution in [0.2, 0.25) is 0 Å². The van der Waals surface area contributed by atoms with Crippen LogP contribution in [0.15, 0.2) is 303 Å². The number of rotatable bonds is 16. The van der Waals surface area contributed by atoms with E-state index in [-0.39, 0.29) is 72.6 Å². The number of hydrogen-bond acceptors (Lipinski definition) is 15. The molecule has 0 heterocycles. The number of phenolic OH excluding ortho intramolecular Hbond substituents is 8. The highest BCUT2D eigenvalue weighted by Crippen LogP contribution is 2.48. The number of aromatic carboxylic acids is 6. The van der Waals surface area contributed by atoms with Crippen molar-refractivity contribution < 1.29 is 105 Å². The topological polar surface area (TPSA) is 395 Å². The number of phenols is 8. The molecule has 127 heavy (non-hydrogen) atoms. The second kappa shape index (κ2) is 45.0. The van der Waals surface area contributed by atoms with Crippen LogP contribution in [-0.2, 0) is 16.2 Å². The standard InChI is InChI=1S/C20H24O2.C18H20O2.C16H18O2.C14H10O5.2C12H8O4.C12H10O2.BH2P/c1-14-12-16(6-8-18(14)21)20(10-4-3-5-11-20)17-7-9-19(22)15(2)13-17;19-16-8-4-14(5-9-16)18(12-2-1-3-13-18)15-6-10-17(20)11-7-15;1-3-16(2,12-4-8-14(17)9-5-12)13-6-10-15(18)11-7-13;15-13(16)9-1-5-11(6-2-9)19-12-7-3-10(4-8-12)14(17)18;13-11(14)9-3-1-7-5-10(12(15)16)4-2-8(7)6-9;13-11(14)9-5-6-10(12(15)16)8-4-2-1-3-7(8)9;13-11-5-1-9(2-6-11)10-3-7-12(14)8-4-10;1-2/h6-9,12-13,21-22H,3-5,10-11H2,1-2H3;4-11,19-20H,1-3,12-13H2;4-11,17-18H,3H2,1-2H3;1-8H,(H,15,16)(H,17,18);2*1-6H,(H,13,14)(H,15,16);1-8,13-14H;2H2. The number of fused-ring (bicyclic) bond motifs is 2. The van der Waals surface area contributed by atoms with Gasteiger partial charge >= 0.3 is 35.8 Å². The minimum Gasteiger partial charge on any atom is -0.508 e. The first-order chi connectivity index (χ1) is 60.8. The first-order valence-corrected chi connectivity index (χ1v) is 41.5. The van der Waals surface area contributed by atoms with Crippen molar-refractivity contribution in [3.63, 3.8) is 0 Å². The molecule has 14 aromatic carbocycles. The highest BCUT2D eigenvalue weighted by atomic mass is 31.0. The van der Waals surface area contributed by atoms with E-state index < -0.39 is 35.8 Å². The van der Waals surface area contributed by atoms with Gasteiger partial charge < -0.3 is 76.2 Å². The summed E-state index contributed by atoms with van der Waals surface area (Å²) in [4.78, 5) is 64.7. The smallest absolute Gasteiger partial charge is 0.336 e. The zero-order chi connectivity index (χ0) is 92.1.